The molecule has 0 unspecified atom stereocenters. The van der Waals surface area contributed by atoms with Crippen LogP contribution < -0.4 is 5.32 Å². The lowest BCUT2D eigenvalue weighted by atomic mass is 9.98. The van der Waals surface area contributed by atoms with E-state index in [1.165, 1.54) is 7.11 Å². The number of azo groups is 1. The number of benzene rings is 1. The number of fused-ring (bicyclic) bond motifs is 1. The lowest BCUT2D eigenvalue weighted by Crippen LogP contribution is -2.24. The minimum Gasteiger partial charge on any atom is -0.469 e. The Hall–Kier alpha value is -2.90. The Morgan fingerprint density at radius 2 is 1.61 bits per heavy atom. The van der Waals surface area contributed by atoms with E-state index in [4.69, 9.17) is 0 Å². The first-order valence-electron chi connectivity index (χ1n) is 9.48. The summed E-state index contributed by atoms with van der Waals surface area (Å²) in [5, 5.41) is 9.46. The van der Waals surface area contributed by atoms with E-state index in [2.05, 4.69) is 20.3 Å². The Morgan fingerprint density at radius 3 is 2.36 bits per heavy atom. The van der Waals surface area contributed by atoms with Crippen LogP contribution in [0.2, 0.25) is 0 Å². The molecule has 0 saturated heterocycles. The predicted molar refractivity (Wildman–Crippen MR) is 101 cm³/mol. The molecular formula is C20H25N3O5. The molecule has 0 fully saturated rings. The minimum absolute atomic E-state index is 0.105. The molecule has 1 aromatic rings. The number of rotatable bonds is 11. The fourth-order valence-corrected chi connectivity index (χ4v) is 2.93. The summed E-state index contributed by atoms with van der Waals surface area (Å²) >= 11 is 0. The number of nitrogens with one attached hydrogen (secondary N) is 1. The van der Waals surface area contributed by atoms with Crippen molar-refractivity contribution in [3.05, 3.63) is 34.9 Å². The molecule has 28 heavy (non-hydrogen) atoms. The fraction of sp³-hybridized carbons (Fsp3) is 0.500. The summed E-state index contributed by atoms with van der Waals surface area (Å²) in [5.41, 5.74) is 1.66. The number of aryl methyl sites for hydroxylation is 1. The zero-order valence-electron chi connectivity index (χ0n) is 16.0. The molecule has 0 saturated carbocycles. The summed E-state index contributed by atoms with van der Waals surface area (Å²) in [7, 11) is 1.30. The summed E-state index contributed by atoms with van der Waals surface area (Å²) in [6.07, 6.45) is 6.06. The van der Waals surface area contributed by atoms with E-state index in [-0.39, 0.29) is 24.7 Å². The minimum atomic E-state index is -0.474. The molecule has 8 nitrogen and oxygen atoms in total. The lowest BCUT2D eigenvalue weighted by molar-refractivity contribution is -0.142. The van der Waals surface area contributed by atoms with Gasteiger partial charge in [-0.2, -0.15) is 0 Å². The fourth-order valence-electron chi connectivity index (χ4n) is 2.93. The number of unbranched alkanes of at least 4 members (excludes halogenated alkanes) is 4. The third-order valence-electron chi connectivity index (χ3n) is 4.52. The van der Waals surface area contributed by atoms with Gasteiger partial charge in [-0.1, -0.05) is 25.3 Å². The second-order valence-corrected chi connectivity index (χ2v) is 6.63. The summed E-state index contributed by atoms with van der Waals surface area (Å²) in [5.74, 6) is -1.46. The van der Waals surface area contributed by atoms with Crippen molar-refractivity contribution in [2.24, 2.45) is 10.2 Å². The summed E-state index contributed by atoms with van der Waals surface area (Å²) in [6, 6.07) is 5.23. The second kappa shape index (κ2) is 11.1. The summed E-state index contributed by atoms with van der Waals surface area (Å²) in [4.78, 5) is 45.8. The highest BCUT2D eigenvalue weighted by atomic mass is 16.5. The second-order valence-electron chi connectivity index (χ2n) is 6.63. The van der Waals surface area contributed by atoms with Crippen molar-refractivity contribution in [1.82, 2.24) is 5.32 Å². The molecule has 3 amide bonds. The van der Waals surface area contributed by atoms with Gasteiger partial charge in [0.2, 0.25) is 5.91 Å². The van der Waals surface area contributed by atoms with E-state index in [9.17, 15) is 19.2 Å². The van der Waals surface area contributed by atoms with E-state index in [0.717, 1.165) is 44.1 Å². The summed E-state index contributed by atoms with van der Waals surface area (Å²) in [6.45, 7) is 0.607. The van der Waals surface area contributed by atoms with E-state index < -0.39 is 11.8 Å². The molecule has 0 spiro atoms. The molecule has 1 aliphatic heterocycles. The maximum atomic E-state index is 11.7. The SMILES string of the molecule is COC(=O)CCC(=O)NCCCCCCCc1ccc2c(c1)C(=O)N=NC2=O. The third-order valence-corrected chi connectivity index (χ3v) is 4.52. The molecule has 1 aromatic carbocycles. The zero-order valence-corrected chi connectivity index (χ0v) is 16.0. The van der Waals surface area contributed by atoms with Gasteiger partial charge in [-0.25, -0.2) is 0 Å². The van der Waals surface area contributed by atoms with Gasteiger partial charge in [0.05, 0.1) is 24.7 Å². The molecule has 2 rings (SSSR count). The van der Waals surface area contributed by atoms with Gasteiger partial charge in [-0.15, -0.1) is 10.2 Å². The third kappa shape index (κ3) is 6.68. The number of amides is 3. The molecule has 150 valence electrons. The van der Waals surface area contributed by atoms with Crippen molar-refractivity contribution in [1.29, 1.82) is 0 Å². The molecule has 1 heterocycles. The zero-order chi connectivity index (χ0) is 20.4. The van der Waals surface area contributed by atoms with E-state index in [1.807, 2.05) is 6.07 Å². The molecular weight excluding hydrogens is 362 g/mol. The van der Waals surface area contributed by atoms with Crippen LogP contribution in [-0.4, -0.2) is 37.3 Å². The van der Waals surface area contributed by atoms with Crippen LogP contribution in [0.15, 0.2) is 28.4 Å². The number of ether oxygens (including phenoxy) is 1. The first-order valence-corrected chi connectivity index (χ1v) is 9.48. The predicted octanol–water partition coefficient (Wildman–Crippen LogP) is 3.00. The monoisotopic (exact) mass is 387 g/mol. The Kier molecular flexibility index (Phi) is 8.45. The van der Waals surface area contributed by atoms with Gasteiger partial charge in [0.1, 0.15) is 0 Å². The first kappa shape index (κ1) is 21.4. The number of hydrogen-bond donors (Lipinski definition) is 1. The molecule has 0 aromatic heterocycles. The Bertz CT molecular complexity index is 773. The molecule has 0 radical (unpaired) electrons. The Labute approximate surface area is 163 Å². The topological polar surface area (TPSA) is 114 Å². The normalized spacial score (nSPS) is 12.6. The smallest absolute Gasteiger partial charge is 0.306 e. The molecule has 0 aliphatic carbocycles. The van der Waals surface area contributed by atoms with Gasteiger partial charge >= 0.3 is 5.97 Å². The number of esters is 1. The highest BCUT2D eigenvalue weighted by Gasteiger charge is 2.21. The van der Waals surface area contributed by atoms with Crippen molar-refractivity contribution in [2.75, 3.05) is 13.7 Å². The number of methoxy groups -OCH3 is 1. The van der Waals surface area contributed by atoms with Crippen LogP contribution in [0.3, 0.4) is 0 Å². The van der Waals surface area contributed by atoms with E-state index in [0.29, 0.717) is 17.7 Å². The van der Waals surface area contributed by atoms with Crippen LogP contribution in [-0.2, 0) is 20.7 Å². The van der Waals surface area contributed by atoms with Crippen LogP contribution in [0, 0.1) is 0 Å². The van der Waals surface area contributed by atoms with Gasteiger partial charge < -0.3 is 10.1 Å². The van der Waals surface area contributed by atoms with E-state index in [1.54, 1.807) is 12.1 Å². The van der Waals surface area contributed by atoms with Crippen molar-refractivity contribution < 1.29 is 23.9 Å². The number of hydrogen-bond acceptors (Lipinski definition) is 5. The number of carbonyl (C=O) groups is 4. The van der Waals surface area contributed by atoms with Crippen LogP contribution in [0.25, 0.3) is 0 Å². The average molecular weight is 387 g/mol. The van der Waals surface area contributed by atoms with Crippen LogP contribution in [0.1, 0.15) is 71.2 Å². The first-order chi connectivity index (χ1) is 13.5. The van der Waals surface area contributed by atoms with Crippen LogP contribution in [0.4, 0.5) is 0 Å². The molecule has 1 N–H and O–H groups in total. The maximum Gasteiger partial charge on any atom is 0.306 e. The standard InChI is InChI=1S/C20H25N3O5/c1-28-18(25)11-10-17(24)21-12-6-4-2-3-5-7-14-8-9-15-16(13-14)20(27)23-22-19(15)26/h8-9,13H,2-7,10-12H2,1H3,(H,21,24). The largest absolute Gasteiger partial charge is 0.469 e. The van der Waals surface area contributed by atoms with Crippen molar-refractivity contribution in [3.8, 4) is 0 Å². The average Bonchev–Trinajstić information content (AvgIpc) is 2.70. The Balaban J connectivity index is 1.56. The van der Waals surface area contributed by atoms with Crippen molar-refractivity contribution in [3.63, 3.8) is 0 Å². The van der Waals surface area contributed by atoms with Crippen LogP contribution >= 0.6 is 0 Å². The van der Waals surface area contributed by atoms with Crippen LogP contribution in [0.5, 0.6) is 0 Å². The molecule has 1 aliphatic rings. The lowest BCUT2D eigenvalue weighted by Gasteiger charge is -2.09. The van der Waals surface area contributed by atoms with Gasteiger partial charge in [-0.3, -0.25) is 19.2 Å². The quantitative estimate of drug-likeness (QED) is 0.463. The van der Waals surface area contributed by atoms with Gasteiger partial charge in [0.15, 0.2) is 0 Å². The Morgan fingerprint density at radius 1 is 0.929 bits per heavy atom. The van der Waals surface area contributed by atoms with E-state index >= 15 is 0 Å². The van der Waals surface area contributed by atoms with Crippen molar-refractivity contribution in [2.45, 2.75) is 51.4 Å². The van der Waals surface area contributed by atoms with Gasteiger partial charge in [0, 0.05) is 13.0 Å². The molecule has 0 bridgehead atoms. The number of nitrogens with zero attached hydrogens (tertiary/aromatic N) is 2. The van der Waals surface area contributed by atoms with Gasteiger partial charge in [-0.05, 0) is 37.0 Å². The highest BCUT2D eigenvalue weighted by Crippen LogP contribution is 2.20. The summed E-state index contributed by atoms with van der Waals surface area (Å²) < 4.78 is 4.49. The van der Waals surface area contributed by atoms with Crippen molar-refractivity contribution >= 4 is 23.7 Å². The number of carbonyl (C=O) groups excluding carboxylic acids is 4. The highest BCUT2D eigenvalue weighted by molar-refractivity contribution is 6.10. The maximum absolute atomic E-state index is 11.7. The molecule has 0 atom stereocenters. The molecule has 8 heteroatoms. The van der Waals surface area contributed by atoms with Gasteiger partial charge in [0.25, 0.3) is 11.8 Å².